The standard InChI is InChI=1S/C22H23N5O2/c1-2-18-17(20(23)26-22(24)25-18)12-27-10-9-16-11-15(7-8-19(16)27)13-3-5-14(6-4-13)21(28)29/h3-8,11H,2,9-10,12H2,1H3,(H,28,29)(H4,23,24,25,26). The first kappa shape index (κ1) is 18.7. The van der Waals surface area contributed by atoms with Crippen LogP contribution in [-0.4, -0.2) is 27.6 Å². The van der Waals surface area contributed by atoms with Crippen LogP contribution in [-0.2, 0) is 19.4 Å². The van der Waals surface area contributed by atoms with Gasteiger partial charge in [-0.3, -0.25) is 0 Å². The van der Waals surface area contributed by atoms with Crippen molar-refractivity contribution in [3.63, 3.8) is 0 Å². The molecule has 0 bridgehead atoms. The number of aromatic nitrogens is 2. The summed E-state index contributed by atoms with van der Waals surface area (Å²) in [4.78, 5) is 21.8. The van der Waals surface area contributed by atoms with E-state index in [-0.39, 0.29) is 11.5 Å². The molecule has 148 valence electrons. The minimum absolute atomic E-state index is 0.212. The Balaban J connectivity index is 1.60. The fourth-order valence-corrected chi connectivity index (χ4v) is 3.84. The number of fused-ring (bicyclic) bond motifs is 1. The highest BCUT2D eigenvalue weighted by atomic mass is 16.4. The lowest BCUT2D eigenvalue weighted by molar-refractivity contribution is 0.0697. The van der Waals surface area contributed by atoms with Crippen LogP contribution >= 0.6 is 0 Å². The van der Waals surface area contributed by atoms with Gasteiger partial charge in [0.15, 0.2) is 0 Å². The van der Waals surface area contributed by atoms with E-state index < -0.39 is 5.97 Å². The number of aryl methyl sites for hydroxylation is 1. The summed E-state index contributed by atoms with van der Waals surface area (Å²) in [6.07, 6.45) is 1.69. The van der Waals surface area contributed by atoms with Crippen molar-refractivity contribution in [3.8, 4) is 11.1 Å². The molecule has 4 rings (SSSR count). The molecule has 0 spiro atoms. The van der Waals surface area contributed by atoms with Crippen molar-refractivity contribution in [2.75, 3.05) is 22.9 Å². The average molecular weight is 389 g/mol. The monoisotopic (exact) mass is 389 g/mol. The number of nitrogens with two attached hydrogens (primary N) is 2. The lowest BCUT2D eigenvalue weighted by atomic mass is 10.0. The molecular formula is C22H23N5O2. The highest BCUT2D eigenvalue weighted by Crippen LogP contribution is 2.34. The molecule has 0 fully saturated rings. The van der Waals surface area contributed by atoms with Crippen LogP contribution in [0.3, 0.4) is 0 Å². The summed E-state index contributed by atoms with van der Waals surface area (Å²) in [6.45, 7) is 3.57. The second-order valence-corrected chi connectivity index (χ2v) is 7.14. The van der Waals surface area contributed by atoms with Crippen LogP contribution in [0.5, 0.6) is 0 Å². The van der Waals surface area contributed by atoms with Crippen molar-refractivity contribution in [2.45, 2.75) is 26.3 Å². The smallest absolute Gasteiger partial charge is 0.335 e. The van der Waals surface area contributed by atoms with E-state index in [1.165, 1.54) is 11.3 Å². The Labute approximate surface area is 169 Å². The Bertz CT molecular complexity index is 1080. The Morgan fingerprint density at radius 1 is 1.10 bits per heavy atom. The van der Waals surface area contributed by atoms with E-state index in [0.717, 1.165) is 41.8 Å². The molecule has 5 N–H and O–H groups in total. The number of nitrogens with zero attached hydrogens (tertiary/aromatic N) is 3. The third kappa shape index (κ3) is 3.59. The minimum atomic E-state index is -0.918. The van der Waals surface area contributed by atoms with E-state index in [2.05, 4.69) is 33.1 Å². The number of hydrogen-bond donors (Lipinski definition) is 3. The van der Waals surface area contributed by atoms with Gasteiger partial charge in [0.05, 0.1) is 11.3 Å². The van der Waals surface area contributed by atoms with Crippen molar-refractivity contribution in [1.29, 1.82) is 0 Å². The normalized spacial score (nSPS) is 12.8. The second kappa shape index (κ2) is 7.43. The summed E-state index contributed by atoms with van der Waals surface area (Å²) >= 11 is 0. The second-order valence-electron chi connectivity index (χ2n) is 7.14. The number of nitrogen functional groups attached to an aromatic ring is 2. The van der Waals surface area contributed by atoms with Gasteiger partial charge >= 0.3 is 5.97 Å². The Kier molecular flexibility index (Phi) is 4.80. The number of aromatic carboxylic acids is 1. The van der Waals surface area contributed by atoms with Crippen LogP contribution in [0.15, 0.2) is 42.5 Å². The molecule has 1 aromatic heterocycles. The van der Waals surface area contributed by atoms with Gasteiger partial charge in [0, 0.05) is 24.3 Å². The predicted molar refractivity (Wildman–Crippen MR) is 114 cm³/mol. The number of anilines is 3. The molecule has 0 atom stereocenters. The maximum Gasteiger partial charge on any atom is 0.335 e. The molecule has 2 heterocycles. The first-order valence-electron chi connectivity index (χ1n) is 9.58. The SMILES string of the molecule is CCc1nc(N)nc(N)c1CN1CCc2cc(-c3ccc(C(=O)O)cc3)ccc21. The average Bonchev–Trinajstić information content (AvgIpc) is 3.12. The van der Waals surface area contributed by atoms with Gasteiger partial charge in [0.25, 0.3) is 0 Å². The van der Waals surface area contributed by atoms with Gasteiger partial charge in [-0.1, -0.05) is 25.1 Å². The van der Waals surface area contributed by atoms with Crippen LogP contribution in [0, 0.1) is 0 Å². The Hall–Kier alpha value is -3.61. The van der Waals surface area contributed by atoms with Gasteiger partial charge in [-0.25, -0.2) is 9.78 Å². The fraction of sp³-hybridized carbons (Fsp3) is 0.227. The highest BCUT2D eigenvalue weighted by molar-refractivity contribution is 5.88. The number of carbonyl (C=O) groups is 1. The maximum absolute atomic E-state index is 11.0. The molecule has 3 aromatic rings. The molecule has 7 nitrogen and oxygen atoms in total. The molecule has 0 radical (unpaired) electrons. The largest absolute Gasteiger partial charge is 0.478 e. The third-order valence-electron chi connectivity index (χ3n) is 5.36. The van der Waals surface area contributed by atoms with Crippen LogP contribution in [0.25, 0.3) is 11.1 Å². The van der Waals surface area contributed by atoms with Crippen molar-refractivity contribution in [2.24, 2.45) is 0 Å². The van der Waals surface area contributed by atoms with Crippen LogP contribution in [0.4, 0.5) is 17.5 Å². The van der Waals surface area contributed by atoms with E-state index in [0.29, 0.717) is 12.4 Å². The zero-order valence-corrected chi connectivity index (χ0v) is 16.2. The molecule has 7 heteroatoms. The lowest BCUT2D eigenvalue weighted by Gasteiger charge is -2.22. The zero-order chi connectivity index (χ0) is 20.5. The van der Waals surface area contributed by atoms with Crippen molar-refractivity contribution >= 4 is 23.4 Å². The van der Waals surface area contributed by atoms with Crippen LogP contribution in [0.1, 0.15) is 34.1 Å². The molecule has 1 aliphatic rings. The Morgan fingerprint density at radius 3 is 2.52 bits per heavy atom. The molecule has 0 aliphatic carbocycles. The van der Waals surface area contributed by atoms with Crippen molar-refractivity contribution in [1.82, 2.24) is 9.97 Å². The van der Waals surface area contributed by atoms with Gasteiger partial charge < -0.3 is 21.5 Å². The molecule has 0 unspecified atom stereocenters. The molecule has 2 aromatic carbocycles. The summed E-state index contributed by atoms with van der Waals surface area (Å²) in [5, 5.41) is 9.07. The number of hydrogen-bond acceptors (Lipinski definition) is 6. The lowest BCUT2D eigenvalue weighted by Crippen LogP contribution is -2.22. The van der Waals surface area contributed by atoms with Gasteiger partial charge in [0.1, 0.15) is 5.82 Å². The van der Waals surface area contributed by atoms with Crippen molar-refractivity contribution in [3.05, 3.63) is 64.8 Å². The number of rotatable bonds is 5. The first-order valence-corrected chi connectivity index (χ1v) is 9.58. The molecule has 0 amide bonds. The summed E-state index contributed by atoms with van der Waals surface area (Å²) in [5.74, 6) is -0.264. The van der Waals surface area contributed by atoms with Gasteiger partial charge in [-0.15, -0.1) is 0 Å². The van der Waals surface area contributed by atoms with Crippen molar-refractivity contribution < 1.29 is 9.90 Å². The van der Waals surface area contributed by atoms with E-state index in [1.54, 1.807) is 12.1 Å². The molecule has 29 heavy (non-hydrogen) atoms. The highest BCUT2D eigenvalue weighted by Gasteiger charge is 2.22. The zero-order valence-electron chi connectivity index (χ0n) is 16.2. The number of carboxylic acids is 1. The van der Waals surface area contributed by atoms with E-state index in [9.17, 15) is 4.79 Å². The minimum Gasteiger partial charge on any atom is -0.478 e. The number of carboxylic acid groups (broad SMARTS) is 1. The van der Waals surface area contributed by atoms with E-state index in [4.69, 9.17) is 16.6 Å². The molecule has 1 aliphatic heterocycles. The van der Waals surface area contributed by atoms with Gasteiger partial charge in [-0.05, 0) is 53.8 Å². The van der Waals surface area contributed by atoms with Crippen LogP contribution < -0.4 is 16.4 Å². The van der Waals surface area contributed by atoms with E-state index >= 15 is 0 Å². The third-order valence-corrected chi connectivity index (χ3v) is 5.36. The predicted octanol–water partition coefficient (Wildman–Crippen LogP) is 3.13. The molecular weight excluding hydrogens is 366 g/mol. The van der Waals surface area contributed by atoms with Gasteiger partial charge in [0.2, 0.25) is 5.95 Å². The number of benzene rings is 2. The topological polar surface area (TPSA) is 118 Å². The quantitative estimate of drug-likeness (QED) is 0.613. The first-order chi connectivity index (χ1) is 14.0. The fourth-order valence-electron chi connectivity index (χ4n) is 3.84. The summed E-state index contributed by atoms with van der Waals surface area (Å²) in [6, 6.07) is 13.3. The summed E-state index contributed by atoms with van der Waals surface area (Å²) in [5.41, 5.74) is 18.5. The Morgan fingerprint density at radius 2 is 1.83 bits per heavy atom. The molecule has 0 saturated carbocycles. The van der Waals surface area contributed by atoms with Gasteiger partial charge in [-0.2, -0.15) is 4.98 Å². The maximum atomic E-state index is 11.0. The van der Waals surface area contributed by atoms with E-state index in [1.807, 2.05) is 19.1 Å². The molecule has 0 saturated heterocycles. The summed E-state index contributed by atoms with van der Waals surface area (Å²) in [7, 11) is 0. The van der Waals surface area contributed by atoms with Crippen LogP contribution in [0.2, 0.25) is 0 Å². The summed E-state index contributed by atoms with van der Waals surface area (Å²) < 4.78 is 0.